The molecular formula is C49H35N3S2. The highest BCUT2D eigenvalue weighted by Gasteiger charge is 2.20. The molecule has 0 fully saturated rings. The van der Waals surface area contributed by atoms with Crippen molar-refractivity contribution in [3.8, 4) is 5.69 Å². The lowest BCUT2D eigenvalue weighted by atomic mass is 9.92. The van der Waals surface area contributed by atoms with Crippen LogP contribution in [0, 0.1) is 0 Å². The van der Waals surface area contributed by atoms with Crippen LogP contribution in [0.5, 0.6) is 0 Å². The van der Waals surface area contributed by atoms with Gasteiger partial charge in [0.05, 0.1) is 16.7 Å². The van der Waals surface area contributed by atoms with Gasteiger partial charge >= 0.3 is 0 Å². The van der Waals surface area contributed by atoms with Gasteiger partial charge < -0.3 is 10.3 Å². The normalized spacial score (nSPS) is 13.9. The first-order valence-corrected chi connectivity index (χ1v) is 19.8. The van der Waals surface area contributed by atoms with Crippen LogP contribution < -0.4 is 5.73 Å². The van der Waals surface area contributed by atoms with E-state index in [1.54, 1.807) is 23.1 Å². The van der Waals surface area contributed by atoms with E-state index in [0.29, 0.717) is 5.84 Å². The highest BCUT2D eigenvalue weighted by Crippen LogP contribution is 2.42. The molecule has 1 aliphatic heterocycles. The molecule has 3 heterocycles. The number of thioether (sulfide) groups is 1. The molecule has 0 saturated carbocycles. The molecule has 0 radical (unpaired) electrons. The second-order valence-electron chi connectivity index (χ2n) is 13.8. The van der Waals surface area contributed by atoms with Gasteiger partial charge in [-0.15, -0.1) is 11.3 Å². The first-order chi connectivity index (χ1) is 26.6. The smallest absolute Gasteiger partial charge is 0.131 e. The Labute approximate surface area is 322 Å². The van der Waals surface area contributed by atoms with Crippen molar-refractivity contribution in [2.24, 2.45) is 10.7 Å². The van der Waals surface area contributed by atoms with Gasteiger partial charge in [0, 0.05) is 58.6 Å². The van der Waals surface area contributed by atoms with E-state index in [1.165, 1.54) is 63.8 Å². The summed E-state index contributed by atoms with van der Waals surface area (Å²) < 4.78 is 3.63. The van der Waals surface area contributed by atoms with Crippen molar-refractivity contribution in [2.75, 3.05) is 0 Å². The van der Waals surface area contributed by atoms with Crippen molar-refractivity contribution >= 4 is 83.4 Å². The lowest BCUT2D eigenvalue weighted by Gasteiger charge is -2.15. The third-order valence-corrected chi connectivity index (χ3v) is 12.7. The molecule has 2 aromatic heterocycles. The Morgan fingerprint density at radius 2 is 1.43 bits per heavy atom. The van der Waals surface area contributed by atoms with Crippen molar-refractivity contribution in [2.45, 2.75) is 17.7 Å². The van der Waals surface area contributed by atoms with E-state index in [9.17, 15) is 0 Å². The minimum atomic E-state index is 0.503. The standard InChI is InChI=1S/C49H35N3S2/c1-31-22-23-33-24-25-39-37(42(33)30-34-14-5-9-20-44(34)53-31)26-27-40-38-17-6-8-19-43(38)52(48(39)40)36-16-11-15-35(29-36)49(50)51-47-41-18-7-10-21-45(41)54-46(47)28-32-12-3-2-4-13-32/h2-27,29H,1,28,30H2,(H2,50,51)/b23-22-. The summed E-state index contributed by atoms with van der Waals surface area (Å²) in [6.07, 6.45) is 6.02. The van der Waals surface area contributed by atoms with Gasteiger partial charge in [0.2, 0.25) is 0 Å². The molecule has 2 N–H and O–H groups in total. The summed E-state index contributed by atoms with van der Waals surface area (Å²) in [5, 5.41) is 6.06. The van der Waals surface area contributed by atoms with Crippen LogP contribution in [0.3, 0.4) is 0 Å². The Morgan fingerprint density at radius 1 is 0.685 bits per heavy atom. The third kappa shape index (κ3) is 5.65. The van der Waals surface area contributed by atoms with Crippen LogP contribution in [0.1, 0.15) is 32.7 Å². The molecular weight excluding hydrogens is 695 g/mol. The molecule has 1 aliphatic rings. The Morgan fingerprint density at radius 3 is 2.33 bits per heavy atom. The average molecular weight is 730 g/mol. The molecule has 54 heavy (non-hydrogen) atoms. The first kappa shape index (κ1) is 32.5. The lowest BCUT2D eigenvalue weighted by Crippen LogP contribution is -2.13. The van der Waals surface area contributed by atoms with E-state index in [0.717, 1.165) is 45.6 Å². The lowest BCUT2D eigenvalue weighted by molar-refractivity contribution is 1.14. The van der Waals surface area contributed by atoms with E-state index in [1.807, 2.05) is 0 Å². The summed E-state index contributed by atoms with van der Waals surface area (Å²) in [6, 6.07) is 54.2. The van der Waals surface area contributed by atoms with Crippen molar-refractivity contribution in [1.82, 2.24) is 4.57 Å². The monoisotopic (exact) mass is 729 g/mol. The van der Waals surface area contributed by atoms with Gasteiger partial charge in [0.15, 0.2) is 0 Å². The Balaban J connectivity index is 1.15. The maximum absolute atomic E-state index is 6.97. The Kier molecular flexibility index (Phi) is 8.05. The number of nitrogens with zero attached hydrogens (tertiary/aromatic N) is 2. The van der Waals surface area contributed by atoms with Crippen LogP contribution in [0.15, 0.2) is 179 Å². The fraction of sp³-hybridized carbons (Fsp3) is 0.0408. The number of thiophene rings is 1. The molecule has 0 amide bonds. The largest absolute Gasteiger partial charge is 0.383 e. The summed E-state index contributed by atoms with van der Waals surface area (Å²) in [6.45, 7) is 4.33. The predicted octanol–water partition coefficient (Wildman–Crippen LogP) is 13.0. The number of aromatic nitrogens is 1. The van der Waals surface area contributed by atoms with E-state index >= 15 is 0 Å². The van der Waals surface area contributed by atoms with Crippen molar-refractivity contribution in [3.63, 3.8) is 0 Å². The third-order valence-electron chi connectivity index (χ3n) is 10.5. The minimum Gasteiger partial charge on any atom is -0.383 e. The zero-order valence-corrected chi connectivity index (χ0v) is 31.1. The van der Waals surface area contributed by atoms with Crippen LogP contribution >= 0.6 is 23.1 Å². The second-order valence-corrected chi connectivity index (χ2v) is 16.1. The summed E-state index contributed by atoms with van der Waals surface area (Å²) >= 11 is 3.54. The number of hydrogen-bond donors (Lipinski definition) is 1. The summed E-state index contributed by atoms with van der Waals surface area (Å²) in [7, 11) is 0. The number of benzene rings is 7. The number of para-hydroxylation sites is 1. The van der Waals surface area contributed by atoms with Gasteiger partial charge in [-0.1, -0.05) is 146 Å². The SMILES string of the molecule is C=C1/C=C\c2ccc3c(ccc4c5ccccc5n(-c5cccc(C(N)=Nc6c(Cc7ccccc7)sc7ccccc67)c5)c34)c2Cc2ccccc2S1. The number of amidine groups is 1. The van der Waals surface area contributed by atoms with E-state index in [2.05, 4.69) is 175 Å². The molecule has 10 rings (SSSR count). The molecule has 5 heteroatoms. The zero-order valence-electron chi connectivity index (χ0n) is 29.5. The molecule has 7 aromatic carbocycles. The van der Waals surface area contributed by atoms with Crippen molar-refractivity contribution in [3.05, 3.63) is 202 Å². The molecule has 3 nitrogen and oxygen atoms in total. The molecule has 0 atom stereocenters. The average Bonchev–Trinajstić information content (AvgIpc) is 3.75. The molecule has 0 saturated heterocycles. The fourth-order valence-corrected chi connectivity index (χ4v) is 9.97. The topological polar surface area (TPSA) is 43.3 Å². The molecule has 0 aliphatic carbocycles. The van der Waals surface area contributed by atoms with Gasteiger partial charge in [-0.2, -0.15) is 0 Å². The second kappa shape index (κ2) is 13.4. The molecule has 0 spiro atoms. The van der Waals surface area contributed by atoms with Gasteiger partial charge in [0.25, 0.3) is 0 Å². The van der Waals surface area contributed by atoms with Crippen LogP contribution in [-0.4, -0.2) is 10.4 Å². The number of rotatable bonds is 5. The van der Waals surface area contributed by atoms with Gasteiger partial charge in [0.1, 0.15) is 5.84 Å². The summed E-state index contributed by atoms with van der Waals surface area (Å²) in [5.41, 5.74) is 17.3. The number of hydrogen-bond acceptors (Lipinski definition) is 3. The molecule has 0 bridgehead atoms. The van der Waals surface area contributed by atoms with Gasteiger partial charge in [-0.25, -0.2) is 4.99 Å². The van der Waals surface area contributed by atoms with Crippen LogP contribution in [0.4, 0.5) is 5.69 Å². The fourth-order valence-electron chi connectivity index (χ4n) is 7.96. The molecule has 258 valence electrons. The first-order valence-electron chi connectivity index (χ1n) is 18.2. The highest BCUT2D eigenvalue weighted by atomic mass is 32.2. The van der Waals surface area contributed by atoms with Crippen molar-refractivity contribution < 1.29 is 0 Å². The van der Waals surface area contributed by atoms with Crippen LogP contribution in [-0.2, 0) is 12.8 Å². The Hall–Kier alpha value is -6.14. The Bertz CT molecular complexity index is 3000. The van der Waals surface area contributed by atoms with Gasteiger partial charge in [-0.05, 0) is 70.5 Å². The van der Waals surface area contributed by atoms with Crippen LogP contribution in [0.2, 0.25) is 0 Å². The number of aliphatic imine (C=N–C) groups is 1. The van der Waals surface area contributed by atoms with Crippen molar-refractivity contribution in [1.29, 1.82) is 0 Å². The molecule has 0 unspecified atom stereocenters. The van der Waals surface area contributed by atoms with E-state index < -0.39 is 0 Å². The minimum absolute atomic E-state index is 0.503. The zero-order chi connectivity index (χ0) is 36.2. The number of nitrogens with two attached hydrogens (primary N) is 1. The summed E-state index contributed by atoms with van der Waals surface area (Å²) in [5.74, 6) is 0.503. The number of allylic oxidation sites excluding steroid dienone is 1. The summed E-state index contributed by atoms with van der Waals surface area (Å²) in [4.78, 5) is 8.69. The van der Waals surface area contributed by atoms with E-state index in [4.69, 9.17) is 10.7 Å². The maximum atomic E-state index is 6.97. The van der Waals surface area contributed by atoms with E-state index in [-0.39, 0.29) is 0 Å². The van der Waals surface area contributed by atoms with Gasteiger partial charge in [-0.3, -0.25) is 0 Å². The quantitative estimate of drug-likeness (QED) is 0.142. The maximum Gasteiger partial charge on any atom is 0.131 e. The molecule has 9 aromatic rings. The number of fused-ring (bicyclic) bond motifs is 9. The van der Waals surface area contributed by atoms with Crippen LogP contribution in [0.25, 0.3) is 54.4 Å². The predicted molar refractivity (Wildman–Crippen MR) is 233 cm³/mol. The highest BCUT2D eigenvalue weighted by molar-refractivity contribution is 8.03.